The van der Waals surface area contributed by atoms with E-state index >= 15 is 0 Å². The molecule has 0 aliphatic carbocycles. The van der Waals surface area contributed by atoms with Gasteiger partial charge in [0.15, 0.2) is 0 Å². The van der Waals surface area contributed by atoms with Crippen molar-refractivity contribution in [2.75, 3.05) is 19.8 Å². The van der Waals surface area contributed by atoms with Crippen LogP contribution in [0.15, 0.2) is 16.8 Å². The number of rotatable bonds is 3. The van der Waals surface area contributed by atoms with E-state index in [1.165, 1.54) is 0 Å². The average Bonchev–Trinajstić information content (AvgIpc) is 2.99. The van der Waals surface area contributed by atoms with E-state index in [9.17, 15) is 0 Å². The normalized spacial score (nSPS) is 20.2. The van der Waals surface area contributed by atoms with Crippen molar-refractivity contribution in [3.63, 3.8) is 0 Å². The monoisotopic (exact) mass is 249 g/mol. The minimum Gasteiger partial charge on any atom is -0.378 e. The number of hydrogen-bond acceptors (Lipinski definition) is 6. The first-order valence-corrected chi connectivity index (χ1v) is 5.95. The molecule has 18 heavy (non-hydrogen) atoms. The lowest BCUT2D eigenvalue weighted by atomic mass is 10.2. The van der Waals surface area contributed by atoms with E-state index in [0.717, 1.165) is 18.8 Å². The Kier molecular flexibility index (Phi) is 3.07. The molecule has 3 rings (SSSR count). The Morgan fingerprint density at radius 2 is 2.50 bits per heavy atom. The molecule has 3 heterocycles. The minimum absolute atomic E-state index is 0.246. The van der Waals surface area contributed by atoms with E-state index < -0.39 is 0 Å². The first-order valence-electron chi connectivity index (χ1n) is 5.95. The maximum atomic E-state index is 5.38. The fourth-order valence-corrected chi connectivity index (χ4v) is 1.94. The maximum absolute atomic E-state index is 5.38. The van der Waals surface area contributed by atoms with Crippen molar-refractivity contribution in [1.82, 2.24) is 25.2 Å². The third kappa shape index (κ3) is 2.41. The maximum Gasteiger partial charge on any atom is 0.228 e. The summed E-state index contributed by atoms with van der Waals surface area (Å²) < 4.78 is 12.3. The third-order valence-electron chi connectivity index (χ3n) is 2.83. The Labute approximate surface area is 104 Å². The van der Waals surface area contributed by atoms with Gasteiger partial charge < -0.3 is 14.6 Å². The molecule has 1 unspecified atom stereocenters. The van der Waals surface area contributed by atoms with Crippen molar-refractivity contribution in [3.8, 4) is 11.5 Å². The fraction of sp³-hybridized carbons (Fsp3) is 0.545. The van der Waals surface area contributed by atoms with E-state index in [1.54, 1.807) is 4.68 Å². The Morgan fingerprint density at radius 3 is 3.22 bits per heavy atom. The van der Waals surface area contributed by atoms with Gasteiger partial charge in [-0.15, -0.1) is 0 Å². The van der Waals surface area contributed by atoms with Crippen LogP contribution in [0.2, 0.25) is 0 Å². The Hall–Kier alpha value is -1.73. The number of nitrogens with one attached hydrogen (secondary N) is 1. The first kappa shape index (κ1) is 11.4. The fourth-order valence-electron chi connectivity index (χ4n) is 1.94. The van der Waals surface area contributed by atoms with Crippen LogP contribution >= 0.6 is 0 Å². The highest BCUT2D eigenvalue weighted by atomic mass is 16.5. The zero-order chi connectivity index (χ0) is 12.4. The predicted molar refractivity (Wildman–Crippen MR) is 62.8 cm³/mol. The molecule has 1 atom stereocenters. The Morgan fingerprint density at radius 1 is 1.56 bits per heavy atom. The molecule has 2 aromatic rings. The predicted octanol–water partition coefficient (Wildman–Crippen LogP) is 0.001000. The summed E-state index contributed by atoms with van der Waals surface area (Å²) in [5, 5.41) is 11.5. The van der Waals surface area contributed by atoms with Crippen LogP contribution in [-0.4, -0.2) is 45.7 Å². The molecular formula is C11H15N5O2. The number of nitrogens with zero attached hydrogens (tertiary/aromatic N) is 4. The number of hydrogen-bond donors (Lipinski definition) is 1. The molecular weight excluding hydrogens is 234 g/mol. The molecule has 2 aromatic heterocycles. The quantitative estimate of drug-likeness (QED) is 0.825. The number of aromatic nitrogens is 4. The Bertz CT molecular complexity index is 515. The second-order valence-electron chi connectivity index (χ2n) is 4.32. The van der Waals surface area contributed by atoms with Gasteiger partial charge in [-0.2, -0.15) is 10.1 Å². The van der Waals surface area contributed by atoms with Gasteiger partial charge in [0, 0.05) is 32.3 Å². The summed E-state index contributed by atoms with van der Waals surface area (Å²) in [4.78, 5) is 4.34. The van der Waals surface area contributed by atoms with Crippen molar-refractivity contribution >= 4 is 0 Å². The number of morpholine rings is 1. The van der Waals surface area contributed by atoms with Crippen LogP contribution in [0.25, 0.3) is 11.5 Å². The molecule has 1 fully saturated rings. The molecule has 0 amide bonds. The van der Waals surface area contributed by atoms with Gasteiger partial charge in [-0.3, -0.25) is 4.68 Å². The molecule has 0 radical (unpaired) electrons. The molecule has 0 spiro atoms. The van der Waals surface area contributed by atoms with Gasteiger partial charge in [0.05, 0.1) is 13.2 Å². The summed E-state index contributed by atoms with van der Waals surface area (Å²) in [5.74, 6) is 1.14. The number of ether oxygens (including phenoxy) is 1. The van der Waals surface area contributed by atoms with Crippen molar-refractivity contribution in [2.45, 2.75) is 12.5 Å². The van der Waals surface area contributed by atoms with Gasteiger partial charge in [-0.1, -0.05) is 5.16 Å². The van der Waals surface area contributed by atoms with Gasteiger partial charge in [0.2, 0.25) is 11.7 Å². The lowest BCUT2D eigenvalue weighted by molar-refractivity contribution is 0.0744. The van der Waals surface area contributed by atoms with Gasteiger partial charge in [0.25, 0.3) is 0 Å². The smallest absolute Gasteiger partial charge is 0.228 e. The summed E-state index contributed by atoms with van der Waals surface area (Å²) in [6.07, 6.45) is 2.53. The van der Waals surface area contributed by atoms with Crippen LogP contribution in [0.4, 0.5) is 0 Å². The molecule has 0 bridgehead atoms. The van der Waals surface area contributed by atoms with Crippen LogP contribution in [0.3, 0.4) is 0 Å². The summed E-state index contributed by atoms with van der Waals surface area (Å²) in [5.41, 5.74) is 0.723. The van der Waals surface area contributed by atoms with Crippen molar-refractivity contribution in [3.05, 3.63) is 18.2 Å². The van der Waals surface area contributed by atoms with Crippen molar-refractivity contribution in [1.29, 1.82) is 0 Å². The molecule has 1 N–H and O–H groups in total. The zero-order valence-corrected chi connectivity index (χ0v) is 10.2. The molecule has 7 heteroatoms. The van der Waals surface area contributed by atoms with Gasteiger partial charge in [-0.25, -0.2) is 0 Å². The zero-order valence-electron chi connectivity index (χ0n) is 10.2. The van der Waals surface area contributed by atoms with Gasteiger partial charge >= 0.3 is 0 Å². The highest BCUT2D eigenvalue weighted by Gasteiger charge is 2.18. The highest BCUT2D eigenvalue weighted by Crippen LogP contribution is 2.13. The molecule has 7 nitrogen and oxygen atoms in total. The SMILES string of the molecule is Cn1ccc(-c2noc(CC3COCCN3)n2)n1. The van der Waals surface area contributed by atoms with Crippen LogP contribution < -0.4 is 5.32 Å². The summed E-state index contributed by atoms with van der Waals surface area (Å²) >= 11 is 0. The summed E-state index contributed by atoms with van der Waals surface area (Å²) in [6.45, 7) is 2.31. The molecule has 1 aliphatic heterocycles. The highest BCUT2D eigenvalue weighted by molar-refractivity contribution is 5.46. The molecule has 1 aliphatic rings. The van der Waals surface area contributed by atoms with Crippen molar-refractivity contribution in [2.24, 2.45) is 7.05 Å². The molecule has 1 saturated heterocycles. The van der Waals surface area contributed by atoms with Gasteiger partial charge in [-0.05, 0) is 6.07 Å². The van der Waals surface area contributed by atoms with E-state index in [2.05, 4.69) is 20.6 Å². The van der Waals surface area contributed by atoms with E-state index in [4.69, 9.17) is 9.26 Å². The van der Waals surface area contributed by atoms with Crippen LogP contribution in [-0.2, 0) is 18.2 Å². The second kappa shape index (κ2) is 4.87. The second-order valence-corrected chi connectivity index (χ2v) is 4.32. The van der Waals surface area contributed by atoms with Crippen LogP contribution in [0.5, 0.6) is 0 Å². The molecule has 96 valence electrons. The van der Waals surface area contributed by atoms with Crippen LogP contribution in [0, 0.1) is 0 Å². The van der Waals surface area contributed by atoms with E-state index in [1.807, 2.05) is 19.3 Å². The van der Waals surface area contributed by atoms with E-state index in [-0.39, 0.29) is 6.04 Å². The van der Waals surface area contributed by atoms with E-state index in [0.29, 0.717) is 24.7 Å². The Balaban J connectivity index is 1.69. The summed E-state index contributed by atoms with van der Waals surface area (Å²) in [7, 11) is 1.85. The van der Waals surface area contributed by atoms with Crippen LogP contribution in [0.1, 0.15) is 5.89 Å². The largest absolute Gasteiger partial charge is 0.378 e. The van der Waals surface area contributed by atoms with Gasteiger partial charge in [0.1, 0.15) is 5.69 Å². The minimum atomic E-state index is 0.246. The molecule has 0 aromatic carbocycles. The van der Waals surface area contributed by atoms with Crippen molar-refractivity contribution < 1.29 is 9.26 Å². The molecule has 0 saturated carbocycles. The third-order valence-corrected chi connectivity index (χ3v) is 2.83. The average molecular weight is 249 g/mol. The lowest BCUT2D eigenvalue weighted by Gasteiger charge is -2.22. The lowest BCUT2D eigenvalue weighted by Crippen LogP contribution is -2.42. The summed E-state index contributed by atoms with van der Waals surface area (Å²) in [6, 6.07) is 2.10. The number of aryl methyl sites for hydroxylation is 1. The standard InChI is InChI=1S/C11H15N5O2/c1-16-4-2-9(14-16)11-13-10(18-15-11)6-8-7-17-5-3-12-8/h2,4,8,12H,3,5-7H2,1H3. The first-order chi connectivity index (χ1) is 8.81. The topological polar surface area (TPSA) is 78.0 Å².